The van der Waals surface area contributed by atoms with E-state index in [1.807, 2.05) is 0 Å². The van der Waals surface area contributed by atoms with Gasteiger partial charge in [0, 0.05) is 6.26 Å². The Morgan fingerprint density at radius 1 is 1.21 bits per heavy atom. The molecule has 29 heavy (non-hydrogen) atoms. The van der Waals surface area contributed by atoms with Crippen molar-refractivity contribution in [3.63, 3.8) is 0 Å². The highest BCUT2D eigenvalue weighted by atomic mass is 32.2. The van der Waals surface area contributed by atoms with Gasteiger partial charge in [0.2, 0.25) is 0 Å². The molecule has 3 aromatic rings. The van der Waals surface area contributed by atoms with E-state index >= 15 is 0 Å². The average Bonchev–Trinajstić information content (AvgIpc) is 3.03. The molecule has 2 aromatic carbocycles. The molecule has 0 N–H and O–H groups in total. The minimum absolute atomic E-state index is 0.194. The van der Waals surface area contributed by atoms with E-state index in [2.05, 4.69) is 10.9 Å². The van der Waals surface area contributed by atoms with Gasteiger partial charge >= 0.3 is 0 Å². The van der Waals surface area contributed by atoms with Crippen molar-refractivity contribution in [1.82, 2.24) is 4.57 Å². The van der Waals surface area contributed by atoms with Gasteiger partial charge in [0.15, 0.2) is 21.2 Å². The van der Waals surface area contributed by atoms with Crippen LogP contribution in [-0.2, 0) is 21.2 Å². The maximum absolute atomic E-state index is 12.3. The quantitative estimate of drug-likeness (QED) is 0.560. The van der Waals surface area contributed by atoms with Crippen LogP contribution in [0.2, 0.25) is 0 Å². The maximum atomic E-state index is 12.3. The van der Waals surface area contributed by atoms with Gasteiger partial charge in [-0.2, -0.15) is 4.99 Å². The highest BCUT2D eigenvalue weighted by Crippen LogP contribution is 2.22. The van der Waals surface area contributed by atoms with Crippen molar-refractivity contribution < 1.29 is 22.7 Å². The monoisotopic (exact) mass is 430 g/mol. The third-order valence-corrected chi connectivity index (χ3v) is 6.13. The summed E-state index contributed by atoms with van der Waals surface area (Å²) in [5.74, 6) is 3.24. The van der Waals surface area contributed by atoms with E-state index in [0.29, 0.717) is 26.5 Å². The van der Waals surface area contributed by atoms with Crippen LogP contribution < -0.4 is 14.3 Å². The zero-order valence-electron chi connectivity index (χ0n) is 15.8. The van der Waals surface area contributed by atoms with E-state index in [1.165, 1.54) is 17.4 Å². The number of terminal acetylenes is 1. The first-order valence-corrected chi connectivity index (χ1v) is 11.1. The van der Waals surface area contributed by atoms with Crippen molar-refractivity contribution in [3.05, 3.63) is 47.3 Å². The molecule has 3 rings (SSSR count). The number of benzene rings is 2. The molecule has 0 bridgehead atoms. The van der Waals surface area contributed by atoms with Crippen molar-refractivity contribution in [2.75, 3.05) is 20.0 Å². The second-order valence-corrected chi connectivity index (χ2v) is 9.07. The number of hydrogen-bond donors (Lipinski definition) is 0. The predicted octanol–water partition coefficient (Wildman–Crippen LogP) is 2.25. The number of amides is 1. The number of methoxy groups -OCH3 is 1. The number of fused-ring (bicyclic) bond motifs is 1. The molecular weight excluding hydrogens is 412 g/mol. The lowest BCUT2D eigenvalue weighted by Crippen LogP contribution is -2.19. The van der Waals surface area contributed by atoms with Crippen molar-refractivity contribution in [1.29, 1.82) is 0 Å². The molecule has 0 saturated heterocycles. The van der Waals surface area contributed by atoms with E-state index in [9.17, 15) is 13.2 Å². The summed E-state index contributed by atoms with van der Waals surface area (Å²) in [6.07, 6.45) is 6.59. The molecule has 0 aliphatic carbocycles. The molecular formula is C20H18N2O5S2. The zero-order valence-corrected chi connectivity index (χ0v) is 17.4. The molecule has 0 saturated carbocycles. The molecule has 9 heteroatoms. The van der Waals surface area contributed by atoms with E-state index in [-0.39, 0.29) is 18.0 Å². The van der Waals surface area contributed by atoms with Crippen LogP contribution in [0.4, 0.5) is 0 Å². The molecule has 1 heterocycles. The normalized spacial score (nSPS) is 12.0. The third-order valence-electron chi connectivity index (χ3n) is 3.97. The first-order chi connectivity index (χ1) is 13.8. The number of carbonyl (C=O) groups excluding carboxylic acids is 1. The molecule has 1 aromatic heterocycles. The molecule has 0 unspecified atom stereocenters. The van der Waals surface area contributed by atoms with Crippen molar-refractivity contribution >= 4 is 37.3 Å². The summed E-state index contributed by atoms with van der Waals surface area (Å²) < 4.78 is 36.5. The highest BCUT2D eigenvalue weighted by Gasteiger charge is 2.12. The Morgan fingerprint density at radius 3 is 2.52 bits per heavy atom. The molecule has 0 atom stereocenters. The lowest BCUT2D eigenvalue weighted by molar-refractivity contribution is -0.120. The molecule has 0 aliphatic heterocycles. The second kappa shape index (κ2) is 8.51. The smallest absolute Gasteiger partial charge is 0.286 e. The minimum atomic E-state index is -3.35. The van der Waals surface area contributed by atoms with Gasteiger partial charge in [0.1, 0.15) is 11.5 Å². The van der Waals surface area contributed by atoms with Crippen LogP contribution in [0.3, 0.4) is 0 Å². The highest BCUT2D eigenvalue weighted by molar-refractivity contribution is 7.90. The summed E-state index contributed by atoms with van der Waals surface area (Å²) in [5.41, 5.74) is 0.711. The molecule has 1 amide bonds. The Hall–Kier alpha value is -3.09. The predicted molar refractivity (Wildman–Crippen MR) is 111 cm³/mol. The van der Waals surface area contributed by atoms with Gasteiger partial charge in [-0.1, -0.05) is 17.3 Å². The van der Waals surface area contributed by atoms with Crippen LogP contribution in [0.25, 0.3) is 10.2 Å². The van der Waals surface area contributed by atoms with E-state index < -0.39 is 15.7 Å². The summed E-state index contributed by atoms with van der Waals surface area (Å²) in [5, 5.41) is 0. The van der Waals surface area contributed by atoms with Crippen LogP contribution >= 0.6 is 11.3 Å². The van der Waals surface area contributed by atoms with Gasteiger partial charge in [-0.15, -0.1) is 6.42 Å². The van der Waals surface area contributed by atoms with E-state index in [0.717, 1.165) is 6.26 Å². The third kappa shape index (κ3) is 4.85. The van der Waals surface area contributed by atoms with Crippen LogP contribution in [-0.4, -0.2) is 38.9 Å². The summed E-state index contributed by atoms with van der Waals surface area (Å²) in [6.45, 7) is -0.0467. The first kappa shape index (κ1) is 20.6. The summed E-state index contributed by atoms with van der Waals surface area (Å²) >= 11 is 1.19. The molecule has 0 radical (unpaired) electrons. The van der Waals surface area contributed by atoms with Gasteiger partial charge in [-0.3, -0.25) is 4.79 Å². The number of ether oxygens (including phenoxy) is 2. The van der Waals surface area contributed by atoms with Crippen molar-refractivity contribution in [3.8, 4) is 23.8 Å². The lowest BCUT2D eigenvalue weighted by Gasteiger charge is -2.04. The van der Waals surface area contributed by atoms with Crippen molar-refractivity contribution in [2.45, 2.75) is 11.4 Å². The number of carbonyl (C=O) groups is 1. The Labute approximate surface area is 172 Å². The fraction of sp³-hybridized carbons (Fsp3) is 0.200. The Kier molecular flexibility index (Phi) is 6.06. The lowest BCUT2D eigenvalue weighted by atomic mass is 10.3. The standard InChI is InChI=1S/C20H18N2O5S2/c1-4-11-22-17-10-9-16(29(3,24)25)12-18(17)28-20(22)21-19(23)13-27-15-7-5-14(26-2)6-8-15/h1,5-10,12H,11,13H2,2-3H3. The average molecular weight is 431 g/mol. The van der Waals surface area contributed by atoms with Crippen LogP contribution in [0, 0.1) is 12.3 Å². The number of sulfone groups is 1. The van der Waals surface area contributed by atoms with E-state index in [1.54, 1.807) is 48.1 Å². The Bertz CT molecular complexity index is 1260. The Balaban J connectivity index is 1.89. The number of nitrogens with zero attached hydrogens (tertiary/aromatic N) is 2. The van der Waals surface area contributed by atoms with Gasteiger partial charge in [0.25, 0.3) is 5.91 Å². The number of thiazole rings is 1. The fourth-order valence-electron chi connectivity index (χ4n) is 2.57. The maximum Gasteiger partial charge on any atom is 0.286 e. The molecule has 0 aliphatic rings. The van der Waals surface area contributed by atoms with Gasteiger partial charge in [-0.05, 0) is 42.5 Å². The first-order valence-electron chi connectivity index (χ1n) is 8.43. The van der Waals surface area contributed by atoms with Gasteiger partial charge in [-0.25, -0.2) is 8.42 Å². The second-order valence-electron chi connectivity index (χ2n) is 6.05. The number of aromatic nitrogens is 1. The summed E-state index contributed by atoms with van der Waals surface area (Å²) in [6, 6.07) is 11.6. The molecule has 0 spiro atoms. The minimum Gasteiger partial charge on any atom is -0.497 e. The van der Waals surface area contributed by atoms with Crippen LogP contribution in [0.1, 0.15) is 0 Å². The van der Waals surface area contributed by atoms with E-state index in [4.69, 9.17) is 15.9 Å². The fourth-order valence-corrected chi connectivity index (χ4v) is 4.38. The topological polar surface area (TPSA) is 87.0 Å². The molecule has 150 valence electrons. The van der Waals surface area contributed by atoms with Gasteiger partial charge in [0.05, 0.1) is 28.8 Å². The SMILES string of the molecule is C#CCn1c(=NC(=O)COc2ccc(OC)cc2)sc2cc(S(C)(=O)=O)ccc21. The zero-order chi connectivity index (χ0) is 21.0. The molecule has 0 fully saturated rings. The van der Waals surface area contributed by atoms with Crippen LogP contribution in [0.15, 0.2) is 52.4 Å². The summed E-state index contributed by atoms with van der Waals surface area (Å²) in [7, 11) is -1.78. The summed E-state index contributed by atoms with van der Waals surface area (Å²) in [4.78, 5) is 17.0. The van der Waals surface area contributed by atoms with Crippen molar-refractivity contribution in [2.24, 2.45) is 4.99 Å². The number of hydrogen-bond acceptors (Lipinski definition) is 6. The van der Waals surface area contributed by atoms with Crippen LogP contribution in [0.5, 0.6) is 11.5 Å². The number of rotatable bonds is 6. The largest absolute Gasteiger partial charge is 0.497 e. The molecule has 7 nitrogen and oxygen atoms in total. The Morgan fingerprint density at radius 2 is 1.90 bits per heavy atom. The van der Waals surface area contributed by atoms with Gasteiger partial charge < -0.3 is 14.0 Å².